The second kappa shape index (κ2) is 10.5. The fourth-order valence-corrected chi connectivity index (χ4v) is 5.81. The van der Waals surface area contributed by atoms with Crippen LogP contribution in [0.1, 0.15) is 29.2 Å². The van der Waals surface area contributed by atoms with Crippen LogP contribution in [0.5, 0.6) is 0 Å². The summed E-state index contributed by atoms with van der Waals surface area (Å²) >= 11 is 19.3. The zero-order valence-corrected chi connectivity index (χ0v) is 22.7. The summed E-state index contributed by atoms with van der Waals surface area (Å²) in [5.74, 6) is -0.765. The fourth-order valence-electron chi connectivity index (χ4n) is 4.44. The average molecular weight is 574 g/mol. The zero-order valence-electron chi connectivity index (χ0n) is 19.6. The topological polar surface area (TPSA) is 42.3 Å². The lowest BCUT2D eigenvalue weighted by atomic mass is 10.1. The number of nitrogens with zero attached hydrogens (tertiary/aromatic N) is 2. The number of carbonyl (C=O) groups is 2. The van der Waals surface area contributed by atoms with Gasteiger partial charge < -0.3 is 4.57 Å². The van der Waals surface area contributed by atoms with Crippen molar-refractivity contribution >= 4 is 74.7 Å². The maximum Gasteiger partial charge on any atom is 0.293 e. The van der Waals surface area contributed by atoms with Gasteiger partial charge in [0.25, 0.3) is 11.1 Å². The third kappa shape index (κ3) is 5.04. The third-order valence-electron chi connectivity index (χ3n) is 6.27. The minimum atomic E-state index is -0.384. The predicted molar refractivity (Wildman–Crippen MR) is 150 cm³/mol. The summed E-state index contributed by atoms with van der Waals surface area (Å²) in [7, 11) is 0. The van der Waals surface area contributed by atoms with Crippen molar-refractivity contribution in [3.63, 3.8) is 0 Å². The van der Waals surface area contributed by atoms with E-state index >= 15 is 0 Å². The zero-order chi connectivity index (χ0) is 26.3. The molecule has 2 amide bonds. The molecule has 1 aliphatic heterocycles. The highest BCUT2D eigenvalue weighted by atomic mass is 35.5. The Bertz CT molecular complexity index is 1580. The van der Waals surface area contributed by atoms with E-state index in [9.17, 15) is 14.0 Å². The number of aromatic nitrogens is 1. The molecule has 0 bridgehead atoms. The Kier molecular flexibility index (Phi) is 7.37. The normalized spacial score (nSPS) is 14.9. The molecular formula is C28H20Cl3FN2O2S. The summed E-state index contributed by atoms with van der Waals surface area (Å²) < 4.78 is 16.5. The number of fused-ring (bicyclic) bond motifs is 1. The number of thioether (sulfide) groups is 1. The number of para-hydroxylation sites is 1. The van der Waals surface area contributed by atoms with Gasteiger partial charge in [0.15, 0.2) is 0 Å². The summed E-state index contributed by atoms with van der Waals surface area (Å²) in [5, 5.41) is 1.65. The summed E-state index contributed by atoms with van der Waals surface area (Å²) in [5.41, 5.74) is 3.87. The van der Waals surface area contributed by atoms with Crippen LogP contribution >= 0.6 is 46.6 Å². The minimum Gasteiger partial charge on any atom is -0.342 e. The van der Waals surface area contributed by atoms with Crippen molar-refractivity contribution < 1.29 is 14.0 Å². The van der Waals surface area contributed by atoms with Crippen molar-refractivity contribution in [1.82, 2.24) is 9.47 Å². The molecular weight excluding hydrogens is 554 g/mol. The second-order valence-electron chi connectivity index (χ2n) is 8.60. The van der Waals surface area contributed by atoms with Crippen LogP contribution in [-0.4, -0.2) is 20.6 Å². The Morgan fingerprint density at radius 3 is 2.46 bits per heavy atom. The quantitative estimate of drug-likeness (QED) is 0.217. The Morgan fingerprint density at radius 2 is 1.73 bits per heavy atom. The molecule has 0 unspecified atom stereocenters. The van der Waals surface area contributed by atoms with Gasteiger partial charge in [0.1, 0.15) is 5.82 Å². The van der Waals surface area contributed by atoms with Gasteiger partial charge in [-0.05, 0) is 59.7 Å². The van der Waals surface area contributed by atoms with E-state index < -0.39 is 0 Å². The van der Waals surface area contributed by atoms with Crippen LogP contribution in [0, 0.1) is 5.82 Å². The first-order valence-electron chi connectivity index (χ1n) is 11.5. The van der Waals surface area contributed by atoms with E-state index in [1.165, 1.54) is 11.0 Å². The molecule has 188 valence electrons. The first kappa shape index (κ1) is 25.9. The smallest absolute Gasteiger partial charge is 0.293 e. The van der Waals surface area contributed by atoms with Crippen LogP contribution in [0.3, 0.4) is 0 Å². The number of amides is 2. The van der Waals surface area contributed by atoms with Crippen molar-refractivity contribution in [3.8, 4) is 0 Å². The molecule has 5 rings (SSSR count). The van der Waals surface area contributed by atoms with Crippen LogP contribution in [0.4, 0.5) is 9.18 Å². The van der Waals surface area contributed by atoms with E-state index in [4.69, 9.17) is 34.8 Å². The Balaban J connectivity index is 1.52. The van der Waals surface area contributed by atoms with Gasteiger partial charge in [-0.15, -0.1) is 0 Å². The molecule has 0 aliphatic carbocycles. The second-order valence-corrected chi connectivity index (χ2v) is 10.8. The van der Waals surface area contributed by atoms with E-state index in [1.807, 2.05) is 29.0 Å². The molecule has 0 N–H and O–H groups in total. The lowest BCUT2D eigenvalue weighted by Crippen LogP contribution is -2.27. The lowest BCUT2D eigenvalue weighted by molar-refractivity contribution is -0.123. The van der Waals surface area contributed by atoms with E-state index in [1.54, 1.807) is 36.4 Å². The third-order valence-corrected chi connectivity index (χ3v) is 8.27. The molecule has 4 nitrogen and oxygen atoms in total. The molecule has 0 atom stereocenters. The average Bonchev–Trinajstić information content (AvgIpc) is 3.35. The maximum absolute atomic E-state index is 14.6. The molecule has 4 aromatic rings. The van der Waals surface area contributed by atoms with Crippen LogP contribution < -0.4 is 0 Å². The van der Waals surface area contributed by atoms with Gasteiger partial charge in [0, 0.05) is 27.7 Å². The molecule has 1 aromatic heterocycles. The number of hydrogen-bond acceptors (Lipinski definition) is 3. The van der Waals surface area contributed by atoms with Crippen molar-refractivity contribution in [2.24, 2.45) is 0 Å². The largest absolute Gasteiger partial charge is 0.342 e. The summed E-state index contributed by atoms with van der Waals surface area (Å²) in [4.78, 5) is 27.4. The number of aryl methyl sites for hydroxylation is 1. The molecule has 2 heterocycles. The molecule has 1 aliphatic rings. The Labute approximate surface area is 232 Å². The molecule has 1 saturated heterocycles. The van der Waals surface area contributed by atoms with Gasteiger partial charge >= 0.3 is 0 Å². The van der Waals surface area contributed by atoms with E-state index in [0.717, 1.165) is 40.2 Å². The standard InChI is InChI=1S/C28H20Cl3FN2O2S/c1-2-17-5-3-6-19-18(14-33(26(17)19)15-20-21(29)7-4-8-24(20)32)12-25-27(35)34(28(36)37-25)13-16-9-10-22(30)23(31)11-16/h3-12,14H,2,13,15H2,1H3/b25-12-. The summed E-state index contributed by atoms with van der Waals surface area (Å²) in [6.45, 7) is 2.37. The number of hydrogen-bond donors (Lipinski definition) is 0. The minimum absolute atomic E-state index is 0.0897. The Morgan fingerprint density at radius 1 is 0.946 bits per heavy atom. The van der Waals surface area contributed by atoms with Gasteiger partial charge in [0.2, 0.25) is 0 Å². The van der Waals surface area contributed by atoms with Crippen molar-refractivity contribution in [3.05, 3.63) is 109 Å². The Hall–Kier alpha value is -2.77. The van der Waals surface area contributed by atoms with Gasteiger partial charge in [-0.2, -0.15) is 0 Å². The highest BCUT2D eigenvalue weighted by molar-refractivity contribution is 8.18. The lowest BCUT2D eigenvalue weighted by Gasteiger charge is -2.12. The fraction of sp³-hybridized carbons (Fsp3) is 0.143. The van der Waals surface area contributed by atoms with Gasteiger partial charge in [-0.3, -0.25) is 14.5 Å². The number of halogens is 4. The van der Waals surface area contributed by atoms with Crippen LogP contribution in [0.25, 0.3) is 17.0 Å². The maximum atomic E-state index is 14.6. The van der Waals surface area contributed by atoms with Crippen molar-refractivity contribution in [2.45, 2.75) is 26.4 Å². The number of imide groups is 1. The van der Waals surface area contributed by atoms with Crippen LogP contribution in [-0.2, 0) is 24.3 Å². The highest BCUT2D eigenvalue weighted by Crippen LogP contribution is 2.36. The molecule has 3 aromatic carbocycles. The molecule has 1 fully saturated rings. The number of benzene rings is 3. The predicted octanol–water partition coefficient (Wildman–Crippen LogP) is 8.59. The summed E-state index contributed by atoms with van der Waals surface area (Å²) in [6, 6.07) is 15.6. The molecule has 0 spiro atoms. The van der Waals surface area contributed by atoms with Gasteiger partial charge in [-0.1, -0.05) is 72.1 Å². The molecule has 9 heteroatoms. The van der Waals surface area contributed by atoms with E-state index in [2.05, 4.69) is 6.92 Å². The highest BCUT2D eigenvalue weighted by Gasteiger charge is 2.35. The number of rotatable bonds is 6. The SMILES string of the molecule is CCc1cccc2c(/C=C3\SC(=O)N(Cc4ccc(Cl)c(Cl)c4)C3=O)cn(Cc3c(F)cccc3Cl)c12. The van der Waals surface area contributed by atoms with Crippen LogP contribution in [0.2, 0.25) is 15.1 Å². The van der Waals surface area contributed by atoms with Gasteiger partial charge in [0.05, 0.1) is 33.6 Å². The molecule has 37 heavy (non-hydrogen) atoms. The molecule has 0 radical (unpaired) electrons. The van der Waals surface area contributed by atoms with Crippen LogP contribution in [0.15, 0.2) is 65.7 Å². The van der Waals surface area contributed by atoms with Gasteiger partial charge in [-0.25, -0.2) is 4.39 Å². The van der Waals surface area contributed by atoms with Crippen molar-refractivity contribution in [1.29, 1.82) is 0 Å². The van der Waals surface area contributed by atoms with E-state index in [-0.39, 0.29) is 30.1 Å². The monoisotopic (exact) mass is 572 g/mol. The summed E-state index contributed by atoms with van der Waals surface area (Å²) in [6.07, 6.45) is 4.37. The van der Waals surface area contributed by atoms with E-state index in [0.29, 0.717) is 31.1 Å². The number of carbonyl (C=O) groups excluding carboxylic acids is 2. The first-order valence-corrected chi connectivity index (χ1v) is 13.4. The first-order chi connectivity index (χ1) is 17.8. The van der Waals surface area contributed by atoms with Crippen molar-refractivity contribution in [2.75, 3.05) is 0 Å². The molecule has 0 saturated carbocycles.